The Balaban J connectivity index is 2.11. The number of nitrogens with one attached hydrogen (secondary N) is 1. The predicted octanol–water partition coefficient (Wildman–Crippen LogP) is 1.67. The van der Waals surface area contributed by atoms with Gasteiger partial charge in [-0.25, -0.2) is 8.78 Å². The monoisotopic (exact) mass is 327 g/mol. The molecule has 116 valence electrons. The number of benzene rings is 1. The number of carbonyl (C=O) groups excluding carboxylic acids is 1. The second-order valence-electron chi connectivity index (χ2n) is 4.44. The molecule has 1 aromatic carbocycles. The second kappa shape index (κ2) is 6.65. The maximum Gasteiger partial charge on any atom is 0.305 e. The molecule has 22 heavy (non-hydrogen) atoms. The molecular weight excluding hydrogens is 316 g/mol. The number of hydrogen-bond donors (Lipinski definition) is 2. The second-order valence-corrected chi connectivity index (χ2v) is 5.63. The quantitative estimate of drug-likeness (QED) is 0.650. The van der Waals surface area contributed by atoms with Crippen molar-refractivity contribution >= 4 is 35.0 Å². The maximum absolute atomic E-state index is 13.7. The number of carboxylic acids is 1. The number of nitrogens with zero attached hydrogens (tertiary/aromatic N) is 2. The molecule has 0 aliphatic carbocycles. The van der Waals surface area contributed by atoms with Crippen LogP contribution < -0.4 is 5.32 Å². The van der Waals surface area contributed by atoms with E-state index >= 15 is 0 Å². The fourth-order valence-electron chi connectivity index (χ4n) is 1.68. The zero-order valence-corrected chi connectivity index (χ0v) is 12.2. The molecule has 1 fully saturated rings. The van der Waals surface area contributed by atoms with Gasteiger partial charge in [0.2, 0.25) is 5.91 Å². The summed E-state index contributed by atoms with van der Waals surface area (Å²) in [6.45, 7) is 1.49. The van der Waals surface area contributed by atoms with Crippen molar-refractivity contribution in [3.8, 4) is 0 Å². The molecule has 1 aliphatic rings. The number of amidine groups is 1. The summed E-state index contributed by atoms with van der Waals surface area (Å²) in [6, 6.07) is 2.42. The lowest BCUT2D eigenvalue weighted by atomic mass is 10.1. The standard InChI is InChI=1S/C13H11F2N3O3S/c1-6-2-3-8(14)7(11(6)15)5-16-18-13-17-12(21)9(22-13)4-10(19)20/h2-3,5,9H,4H2,1H3,(H,19,20)(H,17,18,21). The molecule has 0 aromatic heterocycles. The maximum atomic E-state index is 13.7. The van der Waals surface area contributed by atoms with E-state index in [1.807, 2.05) is 0 Å². The number of hydrogen-bond acceptors (Lipinski definition) is 5. The molecule has 6 nitrogen and oxygen atoms in total. The summed E-state index contributed by atoms with van der Waals surface area (Å²) in [6.07, 6.45) is 0.558. The van der Waals surface area contributed by atoms with E-state index in [1.165, 1.54) is 13.0 Å². The van der Waals surface area contributed by atoms with Gasteiger partial charge in [-0.1, -0.05) is 17.8 Å². The molecule has 0 saturated carbocycles. The lowest BCUT2D eigenvalue weighted by Gasteiger charge is -2.01. The van der Waals surface area contributed by atoms with Gasteiger partial charge in [0, 0.05) is 0 Å². The minimum Gasteiger partial charge on any atom is -0.481 e. The summed E-state index contributed by atoms with van der Waals surface area (Å²) < 4.78 is 27.2. The summed E-state index contributed by atoms with van der Waals surface area (Å²) in [5, 5.41) is 17.4. The fourth-order valence-corrected chi connectivity index (χ4v) is 2.60. The van der Waals surface area contributed by atoms with Crippen molar-refractivity contribution in [3.63, 3.8) is 0 Å². The van der Waals surface area contributed by atoms with Crippen molar-refractivity contribution < 1.29 is 23.5 Å². The van der Waals surface area contributed by atoms with Crippen LogP contribution >= 0.6 is 11.8 Å². The van der Waals surface area contributed by atoms with E-state index < -0.39 is 28.8 Å². The molecule has 0 spiro atoms. The SMILES string of the molecule is Cc1ccc(F)c(C=NN=C2NC(=O)C(CC(=O)O)S2)c1F. The number of carboxylic acid groups (broad SMARTS) is 1. The Bertz CT molecular complexity index is 691. The molecule has 2 N–H and O–H groups in total. The first-order valence-corrected chi connectivity index (χ1v) is 7.01. The summed E-state index contributed by atoms with van der Waals surface area (Å²) in [5.41, 5.74) is -0.0682. The van der Waals surface area contributed by atoms with Crippen LogP contribution in [0.25, 0.3) is 0 Å². The minimum absolute atomic E-state index is 0.0842. The average molecular weight is 327 g/mol. The van der Waals surface area contributed by atoms with Gasteiger partial charge in [-0.2, -0.15) is 5.10 Å². The van der Waals surface area contributed by atoms with Crippen LogP contribution in [0.5, 0.6) is 0 Å². The van der Waals surface area contributed by atoms with Crippen LogP contribution in [0.4, 0.5) is 8.78 Å². The molecule has 0 radical (unpaired) electrons. The Morgan fingerprint density at radius 3 is 2.91 bits per heavy atom. The summed E-state index contributed by atoms with van der Waals surface area (Å²) >= 11 is 0.901. The van der Waals surface area contributed by atoms with Gasteiger partial charge in [0.1, 0.15) is 16.9 Å². The Labute approximate surface area is 128 Å². The van der Waals surface area contributed by atoms with Crippen molar-refractivity contribution in [2.24, 2.45) is 10.2 Å². The van der Waals surface area contributed by atoms with Gasteiger partial charge in [0.25, 0.3) is 0 Å². The van der Waals surface area contributed by atoms with Crippen LogP contribution in [0.1, 0.15) is 17.5 Å². The molecule has 1 aliphatic heterocycles. The van der Waals surface area contributed by atoms with Gasteiger partial charge < -0.3 is 10.4 Å². The molecule has 0 bridgehead atoms. The van der Waals surface area contributed by atoms with Crippen molar-refractivity contribution in [1.29, 1.82) is 0 Å². The normalized spacial score (nSPS) is 19.9. The van der Waals surface area contributed by atoms with Crippen LogP contribution in [0.3, 0.4) is 0 Å². The Morgan fingerprint density at radius 1 is 1.50 bits per heavy atom. The number of rotatable bonds is 4. The molecular formula is C13H11F2N3O3S. The van der Waals surface area contributed by atoms with Crippen LogP contribution in [0.2, 0.25) is 0 Å². The number of aryl methyl sites for hydroxylation is 1. The smallest absolute Gasteiger partial charge is 0.305 e. The fraction of sp³-hybridized carbons (Fsp3) is 0.231. The molecule has 1 amide bonds. The number of halogens is 2. The summed E-state index contributed by atoms with van der Waals surface area (Å²) in [7, 11) is 0. The van der Waals surface area contributed by atoms with Crippen molar-refractivity contribution in [2.75, 3.05) is 0 Å². The topological polar surface area (TPSA) is 91.1 Å². The highest BCUT2D eigenvalue weighted by molar-refractivity contribution is 8.15. The Hall–Kier alpha value is -2.29. The Kier molecular flexibility index (Phi) is 4.86. The van der Waals surface area contributed by atoms with Gasteiger partial charge in [-0.15, -0.1) is 5.10 Å². The third-order valence-electron chi connectivity index (χ3n) is 2.79. The lowest BCUT2D eigenvalue weighted by molar-refractivity contribution is -0.138. The number of aliphatic carboxylic acids is 1. The molecule has 1 unspecified atom stereocenters. The van der Waals surface area contributed by atoms with Crippen molar-refractivity contribution in [2.45, 2.75) is 18.6 Å². The van der Waals surface area contributed by atoms with E-state index in [4.69, 9.17) is 5.11 Å². The molecule has 1 heterocycles. The van der Waals surface area contributed by atoms with Gasteiger partial charge in [-0.05, 0) is 18.6 Å². The zero-order chi connectivity index (χ0) is 16.3. The average Bonchev–Trinajstić information content (AvgIpc) is 2.78. The first kappa shape index (κ1) is 16.1. The molecule has 9 heteroatoms. The highest BCUT2D eigenvalue weighted by Crippen LogP contribution is 2.22. The summed E-state index contributed by atoms with van der Waals surface area (Å²) in [4.78, 5) is 22.0. The van der Waals surface area contributed by atoms with E-state index in [9.17, 15) is 18.4 Å². The van der Waals surface area contributed by atoms with Crippen LogP contribution in [0.15, 0.2) is 22.3 Å². The summed E-state index contributed by atoms with van der Waals surface area (Å²) in [5.74, 6) is -3.12. The molecule has 2 rings (SSSR count). The van der Waals surface area contributed by atoms with E-state index in [1.54, 1.807) is 0 Å². The van der Waals surface area contributed by atoms with E-state index in [0.29, 0.717) is 0 Å². The van der Waals surface area contributed by atoms with Gasteiger partial charge in [0.05, 0.1) is 18.2 Å². The lowest BCUT2D eigenvalue weighted by Crippen LogP contribution is -2.26. The predicted molar refractivity (Wildman–Crippen MR) is 77.9 cm³/mol. The molecule has 1 atom stereocenters. The number of carbonyl (C=O) groups is 2. The highest BCUT2D eigenvalue weighted by atomic mass is 32.2. The minimum atomic E-state index is -1.11. The largest absolute Gasteiger partial charge is 0.481 e. The van der Waals surface area contributed by atoms with Crippen molar-refractivity contribution in [3.05, 3.63) is 34.9 Å². The number of thioether (sulfide) groups is 1. The third kappa shape index (κ3) is 3.67. The van der Waals surface area contributed by atoms with E-state index in [2.05, 4.69) is 15.5 Å². The highest BCUT2D eigenvalue weighted by Gasteiger charge is 2.32. The van der Waals surface area contributed by atoms with Crippen LogP contribution in [0, 0.1) is 18.6 Å². The first-order chi connectivity index (χ1) is 10.4. The zero-order valence-electron chi connectivity index (χ0n) is 11.3. The van der Waals surface area contributed by atoms with Crippen LogP contribution in [-0.4, -0.2) is 33.6 Å². The van der Waals surface area contributed by atoms with E-state index in [-0.39, 0.29) is 22.7 Å². The Morgan fingerprint density at radius 2 is 2.23 bits per heavy atom. The third-order valence-corrected chi connectivity index (χ3v) is 3.86. The van der Waals surface area contributed by atoms with Crippen molar-refractivity contribution in [1.82, 2.24) is 5.32 Å². The molecule has 1 aromatic rings. The van der Waals surface area contributed by atoms with Crippen LogP contribution in [-0.2, 0) is 9.59 Å². The first-order valence-electron chi connectivity index (χ1n) is 6.13. The van der Waals surface area contributed by atoms with E-state index in [0.717, 1.165) is 24.0 Å². The molecule has 1 saturated heterocycles. The van der Waals surface area contributed by atoms with Gasteiger partial charge >= 0.3 is 5.97 Å². The number of amides is 1. The van der Waals surface area contributed by atoms with Gasteiger partial charge in [-0.3, -0.25) is 9.59 Å². The van der Waals surface area contributed by atoms with Gasteiger partial charge in [0.15, 0.2) is 5.17 Å².